The molecule has 1 atom stereocenters. The first-order valence-corrected chi connectivity index (χ1v) is 8.16. The number of hydrogen-bond donors (Lipinski definition) is 1. The first-order valence-electron chi connectivity index (χ1n) is 8.16. The van der Waals surface area contributed by atoms with Gasteiger partial charge in [0.15, 0.2) is 0 Å². The molecule has 0 saturated carbocycles. The molecule has 0 radical (unpaired) electrons. The quantitative estimate of drug-likeness (QED) is 0.780. The van der Waals surface area contributed by atoms with Crippen LogP contribution in [0.15, 0.2) is 24.3 Å². The molecule has 0 aliphatic carbocycles. The number of anilines is 1. The molecule has 4 heteroatoms. The van der Waals surface area contributed by atoms with Gasteiger partial charge in [-0.3, -0.25) is 4.90 Å². The summed E-state index contributed by atoms with van der Waals surface area (Å²) >= 11 is 0. The molecule has 0 amide bonds. The zero-order chi connectivity index (χ0) is 15.1. The molecule has 118 valence electrons. The topological polar surface area (TPSA) is 18.5 Å². The summed E-state index contributed by atoms with van der Waals surface area (Å²) < 4.78 is 13.0. The molecule has 1 aromatic rings. The molecule has 1 aliphatic heterocycles. The summed E-state index contributed by atoms with van der Waals surface area (Å²) in [6.07, 6.45) is 2.50. The Balaban J connectivity index is 1.73. The van der Waals surface area contributed by atoms with Crippen LogP contribution in [0.5, 0.6) is 0 Å². The van der Waals surface area contributed by atoms with E-state index in [-0.39, 0.29) is 5.82 Å². The fourth-order valence-electron chi connectivity index (χ4n) is 2.81. The highest BCUT2D eigenvalue weighted by Crippen LogP contribution is 2.17. The average Bonchev–Trinajstić information content (AvgIpc) is 2.52. The molecule has 0 spiro atoms. The third-order valence-electron chi connectivity index (χ3n) is 4.28. The van der Waals surface area contributed by atoms with E-state index in [9.17, 15) is 4.39 Å². The van der Waals surface area contributed by atoms with Crippen LogP contribution in [-0.4, -0.2) is 50.2 Å². The fourth-order valence-corrected chi connectivity index (χ4v) is 2.81. The summed E-state index contributed by atoms with van der Waals surface area (Å²) in [6.45, 7) is 10.9. The summed E-state index contributed by atoms with van der Waals surface area (Å²) in [5.74, 6) is -0.163. The van der Waals surface area contributed by atoms with Crippen molar-refractivity contribution < 1.29 is 4.39 Å². The molecular formula is C17H28FN3. The molecule has 3 nitrogen and oxygen atoms in total. The third kappa shape index (κ3) is 4.97. The van der Waals surface area contributed by atoms with Gasteiger partial charge in [-0.05, 0) is 44.2 Å². The van der Waals surface area contributed by atoms with Crippen LogP contribution in [0, 0.1) is 5.82 Å². The summed E-state index contributed by atoms with van der Waals surface area (Å²) in [7, 11) is 0. The standard InChI is InChI=1S/C17H28FN3/c1-3-4-9-19-14-15(2)20-10-12-21(13-11-20)17-7-5-16(18)6-8-17/h5-8,15,19H,3-4,9-14H2,1-2H3. The predicted octanol–water partition coefficient (Wildman–Crippen LogP) is 2.73. The van der Waals surface area contributed by atoms with Crippen molar-refractivity contribution in [2.75, 3.05) is 44.2 Å². The zero-order valence-corrected chi connectivity index (χ0v) is 13.3. The van der Waals surface area contributed by atoms with E-state index < -0.39 is 0 Å². The molecule has 1 saturated heterocycles. The Morgan fingerprint density at radius 2 is 1.81 bits per heavy atom. The normalized spacial score (nSPS) is 18.0. The highest BCUT2D eigenvalue weighted by Gasteiger charge is 2.20. The Bertz CT molecular complexity index is 399. The van der Waals surface area contributed by atoms with Crippen molar-refractivity contribution in [2.45, 2.75) is 32.7 Å². The van der Waals surface area contributed by atoms with E-state index in [1.807, 2.05) is 12.1 Å². The Labute approximate surface area is 128 Å². The first-order chi connectivity index (χ1) is 10.2. The van der Waals surface area contributed by atoms with Crippen LogP contribution in [0.3, 0.4) is 0 Å². The van der Waals surface area contributed by atoms with Crippen molar-refractivity contribution in [1.29, 1.82) is 0 Å². The van der Waals surface area contributed by atoms with Crippen molar-refractivity contribution in [2.24, 2.45) is 0 Å². The second-order valence-electron chi connectivity index (χ2n) is 5.91. The van der Waals surface area contributed by atoms with Crippen molar-refractivity contribution in [3.8, 4) is 0 Å². The van der Waals surface area contributed by atoms with Gasteiger partial charge in [0.25, 0.3) is 0 Å². The molecule has 1 aromatic carbocycles. The number of rotatable bonds is 7. The number of benzene rings is 1. The Morgan fingerprint density at radius 3 is 2.43 bits per heavy atom. The van der Waals surface area contributed by atoms with Gasteiger partial charge in [0.2, 0.25) is 0 Å². The second-order valence-corrected chi connectivity index (χ2v) is 5.91. The van der Waals surface area contributed by atoms with E-state index in [0.717, 1.165) is 45.0 Å². The van der Waals surface area contributed by atoms with Gasteiger partial charge in [-0.15, -0.1) is 0 Å². The molecule has 1 unspecified atom stereocenters. The van der Waals surface area contributed by atoms with Crippen molar-refractivity contribution in [3.05, 3.63) is 30.1 Å². The fraction of sp³-hybridized carbons (Fsp3) is 0.647. The minimum absolute atomic E-state index is 0.163. The van der Waals surface area contributed by atoms with Crippen LogP contribution < -0.4 is 10.2 Å². The smallest absolute Gasteiger partial charge is 0.123 e. The van der Waals surface area contributed by atoms with Crippen molar-refractivity contribution in [1.82, 2.24) is 10.2 Å². The van der Waals surface area contributed by atoms with Crippen LogP contribution >= 0.6 is 0 Å². The highest BCUT2D eigenvalue weighted by molar-refractivity contribution is 5.46. The maximum Gasteiger partial charge on any atom is 0.123 e. The minimum atomic E-state index is -0.163. The van der Waals surface area contributed by atoms with Crippen LogP contribution in [0.25, 0.3) is 0 Å². The molecule has 1 aliphatic rings. The van der Waals surface area contributed by atoms with Crippen LogP contribution in [0.2, 0.25) is 0 Å². The van der Waals surface area contributed by atoms with E-state index in [1.165, 1.54) is 12.8 Å². The third-order valence-corrected chi connectivity index (χ3v) is 4.28. The number of hydrogen-bond acceptors (Lipinski definition) is 3. The first kappa shape index (κ1) is 16.2. The zero-order valence-electron chi connectivity index (χ0n) is 13.3. The molecule has 0 aromatic heterocycles. The lowest BCUT2D eigenvalue weighted by Crippen LogP contribution is -2.52. The van der Waals surface area contributed by atoms with E-state index >= 15 is 0 Å². The number of unbranched alkanes of at least 4 members (excludes halogenated alkanes) is 1. The van der Waals surface area contributed by atoms with Gasteiger partial charge in [0, 0.05) is 44.5 Å². The summed E-state index contributed by atoms with van der Waals surface area (Å²) in [4.78, 5) is 4.88. The van der Waals surface area contributed by atoms with Gasteiger partial charge in [-0.25, -0.2) is 4.39 Å². The monoisotopic (exact) mass is 293 g/mol. The molecule has 2 rings (SSSR count). The van der Waals surface area contributed by atoms with Crippen LogP contribution in [-0.2, 0) is 0 Å². The van der Waals surface area contributed by atoms with Gasteiger partial charge in [0.05, 0.1) is 0 Å². The van der Waals surface area contributed by atoms with E-state index in [2.05, 4.69) is 29.0 Å². The molecular weight excluding hydrogens is 265 g/mol. The molecule has 1 heterocycles. The van der Waals surface area contributed by atoms with Crippen molar-refractivity contribution >= 4 is 5.69 Å². The van der Waals surface area contributed by atoms with Gasteiger partial charge in [-0.2, -0.15) is 0 Å². The maximum atomic E-state index is 13.0. The van der Waals surface area contributed by atoms with E-state index in [1.54, 1.807) is 12.1 Å². The highest BCUT2D eigenvalue weighted by atomic mass is 19.1. The van der Waals surface area contributed by atoms with Gasteiger partial charge in [-0.1, -0.05) is 13.3 Å². The van der Waals surface area contributed by atoms with Gasteiger partial charge in [0.1, 0.15) is 5.82 Å². The largest absolute Gasteiger partial charge is 0.369 e. The number of halogens is 1. The average molecular weight is 293 g/mol. The van der Waals surface area contributed by atoms with Gasteiger partial charge < -0.3 is 10.2 Å². The summed E-state index contributed by atoms with van der Waals surface area (Å²) in [5.41, 5.74) is 1.13. The molecule has 21 heavy (non-hydrogen) atoms. The Morgan fingerprint density at radius 1 is 1.14 bits per heavy atom. The Hall–Kier alpha value is -1.13. The van der Waals surface area contributed by atoms with Crippen molar-refractivity contribution in [3.63, 3.8) is 0 Å². The predicted molar refractivity (Wildman–Crippen MR) is 87.4 cm³/mol. The minimum Gasteiger partial charge on any atom is -0.369 e. The van der Waals surface area contributed by atoms with E-state index in [0.29, 0.717) is 6.04 Å². The maximum absolute atomic E-state index is 13.0. The number of nitrogens with zero attached hydrogens (tertiary/aromatic N) is 2. The lowest BCUT2D eigenvalue weighted by molar-refractivity contribution is 0.193. The van der Waals surface area contributed by atoms with Gasteiger partial charge >= 0.3 is 0 Å². The lowest BCUT2D eigenvalue weighted by atomic mass is 10.2. The van der Waals surface area contributed by atoms with Crippen LogP contribution in [0.1, 0.15) is 26.7 Å². The summed E-state index contributed by atoms with van der Waals surface area (Å²) in [6, 6.07) is 7.42. The number of piperazine rings is 1. The summed E-state index contributed by atoms with van der Waals surface area (Å²) in [5, 5.41) is 3.54. The lowest BCUT2D eigenvalue weighted by Gasteiger charge is -2.39. The number of nitrogens with one attached hydrogen (secondary N) is 1. The molecule has 1 fully saturated rings. The molecule has 1 N–H and O–H groups in total. The van der Waals surface area contributed by atoms with Crippen LogP contribution in [0.4, 0.5) is 10.1 Å². The Kier molecular flexibility index (Phi) is 6.46. The van der Waals surface area contributed by atoms with E-state index in [4.69, 9.17) is 0 Å². The SMILES string of the molecule is CCCCNCC(C)N1CCN(c2ccc(F)cc2)CC1. The second kappa shape index (κ2) is 8.35. The molecule has 0 bridgehead atoms.